The number of hydrogen-bond acceptors (Lipinski definition) is 4. The zero-order valence-electron chi connectivity index (χ0n) is 5.86. The van der Waals surface area contributed by atoms with E-state index in [0.29, 0.717) is 5.56 Å². The Kier molecular flexibility index (Phi) is 2.54. The van der Waals surface area contributed by atoms with E-state index in [1.54, 1.807) is 0 Å². The van der Waals surface area contributed by atoms with E-state index in [4.69, 9.17) is 0 Å². The maximum Gasteiger partial charge on any atom is 0.339 e. The smallest absolute Gasteiger partial charge is 0.339 e. The summed E-state index contributed by atoms with van der Waals surface area (Å²) >= 11 is 0. The zero-order valence-corrected chi connectivity index (χ0v) is 5.86. The highest BCUT2D eigenvalue weighted by molar-refractivity contribution is 5.88. The second-order valence-electron chi connectivity index (χ2n) is 1.77. The van der Waals surface area contributed by atoms with Crippen LogP contribution in [0.4, 0.5) is 0 Å². The van der Waals surface area contributed by atoms with E-state index in [2.05, 4.69) is 21.9 Å². The molecule has 0 atom stereocenters. The Balaban J connectivity index is 2.69. The monoisotopic (exact) mass is 151 g/mol. The van der Waals surface area contributed by atoms with E-state index in [1.807, 2.05) is 0 Å². The molecule has 0 fully saturated rings. The average molecular weight is 151 g/mol. The van der Waals surface area contributed by atoms with Gasteiger partial charge in [0.1, 0.15) is 0 Å². The third-order valence-electron chi connectivity index (χ3n) is 1.05. The van der Waals surface area contributed by atoms with Gasteiger partial charge in [-0.15, -0.1) is 0 Å². The van der Waals surface area contributed by atoms with E-state index >= 15 is 0 Å². The lowest BCUT2D eigenvalue weighted by molar-refractivity contribution is 0.0546. The van der Waals surface area contributed by atoms with Crippen molar-refractivity contribution in [2.75, 3.05) is 6.61 Å². The van der Waals surface area contributed by atoms with Crippen molar-refractivity contribution in [1.29, 1.82) is 0 Å². The topological polar surface area (TPSA) is 52.1 Å². The molecule has 0 aliphatic rings. The molecule has 0 aromatic carbocycles. The third-order valence-corrected chi connectivity index (χ3v) is 1.05. The van der Waals surface area contributed by atoms with E-state index in [9.17, 15) is 4.79 Å². The van der Waals surface area contributed by atoms with E-state index in [1.165, 1.54) is 18.5 Å². The molecule has 1 rings (SSSR count). The van der Waals surface area contributed by atoms with Crippen molar-refractivity contribution in [2.45, 2.75) is 0 Å². The molecular formula is C7H7N2O2. The molecule has 0 saturated heterocycles. The van der Waals surface area contributed by atoms with Crippen LogP contribution in [0.5, 0.6) is 0 Å². The Bertz CT molecular complexity index is 235. The molecule has 0 N–H and O–H groups in total. The predicted octanol–water partition coefficient (Wildman–Crippen LogP) is 0.467. The molecule has 11 heavy (non-hydrogen) atoms. The highest BCUT2D eigenvalue weighted by atomic mass is 16.5. The molecule has 4 nitrogen and oxygen atoms in total. The number of aromatic nitrogens is 2. The normalized spacial score (nSPS) is 9.18. The summed E-state index contributed by atoms with van der Waals surface area (Å²) in [6.07, 6.45) is 2.78. The predicted molar refractivity (Wildman–Crippen MR) is 37.7 cm³/mol. The molecule has 1 radical (unpaired) electrons. The van der Waals surface area contributed by atoms with Crippen LogP contribution in [0, 0.1) is 6.92 Å². The van der Waals surface area contributed by atoms with Gasteiger partial charge in [-0.25, -0.2) is 4.79 Å². The molecule has 4 heteroatoms. The van der Waals surface area contributed by atoms with Crippen molar-refractivity contribution in [1.82, 2.24) is 10.2 Å². The fraction of sp³-hybridized carbons (Fsp3) is 0.143. The number of rotatable bonds is 2. The molecule has 0 bridgehead atoms. The quantitative estimate of drug-likeness (QED) is 0.576. The summed E-state index contributed by atoms with van der Waals surface area (Å²) in [6.45, 7) is 3.50. The maximum atomic E-state index is 10.9. The maximum absolute atomic E-state index is 10.9. The number of hydrogen-bond donors (Lipinski definition) is 0. The van der Waals surface area contributed by atoms with Crippen molar-refractivity contribution < 1.29 is 9.53 Å². The Morgan fingerprint density at radius 1 is 1.64 bits per heavy atom. The van der Waals surface area contributed by atoms with Crippen LogP contribution in [-0.2, 0) is 4.74 Å². The van der Waals surface area contributed by atoms with Gasteiger partial charge in [-0.1, -0.05) is 0 Å². The zero-order chi connectivity index (χ0) is 8.10. The molecule has 57 valence electrons. The second kappa shape index (κ2) is 3.65. The van der Waals surface area contributed by atoms with Gasteiger partial charge in [0, 0.05) is 0 Å². The van der Waals surface area contributed by atoms with Gasteiger partial charge in [-0.05, 0) is 13.0 Å². The Morgan fingerprint density at radius 2 is 2.45 bits per heavy atom. The first-order valence-electron chi connectivity index (χ1n) is 3.07. The third kappa shape index (κ3) is 2.00. The fourth-order valence-electron chi connectivity index (χ4n) is 0.587. The lowest BCUT2D eigenvalue weighted by atomic mass is 10.3. The Morgan fingerprint density at radius 3 is 3.00 bits per heavy atom. The Labute approximate surface area is 64.2 Å². The van der Waals surface area contributed by atoms with Crippen molar-refractivity contribution in [3.8, 4) is 0 Å². The highest BCUT2D eigenvalue weighted by Gasteiger charge is 2.03. The molecule has 0 unspecified atom stereocenters. The molecule has 0 aliphatic carbocycles. The van der Waals surface area contributed by atoms with Gasteiger partial charge in [0.2, 0.25) is 0 Å². The van der Waals surface area contributed by atoms with Crippen LogP contribution in [0.2, 0.25) is 0 Å². The van der Waals surface area contributed by atoms with Crippen LogP contribution in [0.1, 0.15) is 10.4 Å². The number of ether oxygens (including phenoxy) is 1. The number of esters is 1. The molecule has 0 saturated carbocycles. The lowest BCUT2D eigenvalue weighted by Crippen LogP contribution is -2.04. The number of carbonyl (C=O) groups excluding carboxylic acids is 1. The standard InChI is InChI=1S/C7H7N2O2/c1-2-11-7(10)6-3-4-8-9-5-6/h3-5H,1-2H2. The fourth-order valence-corrected chi connectivity index (χ4v) is 0.587. The van der Waals surface area contributed by atoms with Crippen molar-refractivity contribution in [3.05, 3.63) is 30.9 Å². The van der Waals surface area contributed by atoms with Crippen molar-refractivity contribution >= 4 is 5.97 Å². The van der Waals surface area contributed by atoms with Crippen LogP contribution in [0.25, 0.3) is 0 Å². The van der Waals surface area contributed by atoms with Gasteiger partial charge >= 0.3 is 5.97 Å². The Hall–Kier alpha value is -1.45. The van der Waals surface area contributed by atoms with Gasteiger partial charge in [0.05, 0.1) is 24.6 Å². The lowest BCUT2D eigenvalue weighted by Gasteiger charge is -1.98. The van der Waals surface area contributed by atoms with Gasteiger partial charge in [0.15, 0.2) is 0 Å². The molecule has 1 heterocycles. The van der Waals surface area contributed by atoms with Crippen molar-refractivity contribution in [2.24, 2.45) is 0 Å². The summed E-state index contributed by atoms with van der Waals surface area (Å²) < 4.78 is 4.61. The van der Waals surface area contributed by atoms with Gasteiger partial charge in [-0.2, -0.15) is 10.2 Å². The summed E-state index contributed by atoms with van der Waals surface area (Å²) in [6, 6.07) is 1.53. The van der Waals surface area contributed by atoms with E-state index in [0.717, 1.165) is 0 Å². The second-order valence-corrected chi connectivity index (χ2v) is 1.77. The molecule has 1 aromatic heterocycles. The van der Waals surface area contributed by atoms with Gasteiger partial charge in [-0.3, -0.25) is 0 Å². The summed E-state index contributed by atoms with van der Waals surface area (Å²) in [5, 5.41) is 7.03. The summed E-state index contributed by atoms with van der Waals surface area (Å²) in [4.78, 5) is 10.9. The highest BCUT2D eigenvalue weighted by Crippen LogP contribution is 1.96. The number of carbonyl (C=O) groups is 1. The molecule has 0 spiro atoms. The average Bonchev–Trinajstić information content (AvgIpc) is 2.07. The first kappa shape index (κ1) is 7.65. The largest absolute Gasteiger partial charge is 0.462 e. The van der Waals surface area contributed by atoms with Gasteiger partial charge in [0.25, 0.3) is 0 Å². The molecule has 0 aliphatic heterocycles. The SMILES string of the molecule is [CH2]COC(=O)c1ccnnc1. The van der Waals surface area contributed by atoms with Crippen LogP contribution < -0.4 is 0 Å². The first-order chi connectivity index (χ1) is 5.34. The van der Waals surface area contributed by atoms with Crippen LogP contribution in [-0.4, -0.2) is 22.8 Å². The molecule has 1 aromatic rings. The van der Waals surface area contributed by atoms with Gasteiger partial charge < -0.3 is 4.74 Å². The summed E-state index contributed by atoms with van der Waals surface area (Å²) in [5.41, 5.74) is 0.392. The minimum atomic E-state index is -0.421. The number of nitrogens with zero attached hydrogens (tertiary/aromatic N) is 2. The summed E-state index contributed by atoms with van der Waals surface area (Å²) in [7, 11) is 0. The molecule has 0 amide bonds. The molecular weight excluding hydrogens is 144 g/mol. The van der Waals surface area contributed by atoms with E-state index in [-0.39, 0.29) is 6.61 Å². The minimum absolute atomic E-state index is 0.126. The van der Waals surface area contributed by atoms with Crippen LogP contribution >= 0.6 is 0 Å². The van der Waals surface area contributed by atoms with Crippen molar-refractivity contribution in [3.63, 3.8) is 0 Å². The first-order valence-corrected chi connectivity index (χ1v) is 3.07. The van der Waals surface area contributed by atoms with Crippen LogP contribution in [0.3, 0.4) is 0 Å². The minimum Gasteiger partial charge on any atom is -0.462 e. The summed E-state index contributed by atoms with van der Waals surface area (Å²) in [5.74, 6) is -0.421. The van der Waals surface area contributed by atoms with E-state index < -0.39 is 5.97 Å². The van der Waals surface area contributed by atoms with Crippen LogP contribution in [0.15, 0.2) is 18.5 Å².